The van der Waals surface area contributed by atoms with Gasteiger partial charge in [-0.3, -0.25) is 4.79 Å². The largest absolute Gasteiger partial charge is 0.355 e. The monoisotopic (exact) mass is 266 g/mol. The normalized spacial score (nSPS) is 33.1. The quantitative estimate of drug-likeness (QED) is 0.822. The maximum Gasteiger partial charge on any atom is 0.227 e. The fourth-order valence-electron chi connectivity index (χ4n) is 3.65. The van der Waals surface area contributed by atoms with Crippen LogP contribution in [0.1, 0.15) is 64.7 Å². The average Bonchev–Trinajstić information content (AvgIpc) is 2.47. The van der Waals surface area contributed by atoms with E-state index < -0.39 is 0 Å². The Kier molecular flexibility index (Phi) is 5.26. The van der Waals surface area contributed by atoms with Crippen LogP contribution in [-0.4, -0.2) is 19.0 Å². The van der Waals surface area contributed by atoms with Gasteiger partial charge < -0.3 is 11.1 Å². The molecular formula is C16H30N2O. The summed E-state index contributed by atoms with van der Waals surface area (Å²) in [5.41, 5.74) is 5.67. The lowest BCUT2D eigenvalue weighted by Crippen LogP contribution is -2.49. The Morgan fingerprint density at radius 2 is 1.79 bits per heavy atom. The molecule has 0 heterocycles. The molecule has 0 aromatic rings. The molecule has 2 fully saturated rings. The molecule has 110 valence electrons. The zero-order chi connectivity index (χ0) is 13.7. The van der Waals surface area contributed by atoms with Crippen molar-refractivity contribution in [2.45, 2.75) is 64.7 Å². The van der Waals surface area contributed by atoms with Crippen LogP contribution in [0.2, 0.25) is 0 Å². The van der Waals surface area contributed by atoms with E-state index in [9.17, 15) is 4.79 Å². The molecule has 0 aromatic carbocycles. The Bertz CT molecular complexity index is 289. The molecule has 19 heavy (non-hydrogen) atoms. The van der Waals surface area contributed by atoms with Crippen molar-refractivity contribution >= 4 is 5.91 Å². The molecule has 2 aliphatic carbocycles. The standard InChI is InChI=1S/C16H30N2O/c1-13-7-9-16(12-17,10-8-13)15(19)18-11-14-5-3-2-4-6-14/h13-14H,2-12,17H2,1H3,(H,18,19). The second-order valence-electron chi connectivity index (χ2n) is 6.88. The number of nitrogens with one attached hydrogen (secondary N) is 1. The Morgan fingerprint density at radius 3 is 2.37 bits per heavy atom. The number of nitrogens with two attached hydrogens (primary N) is 1. The van der Waals surface area contributed by atoms with Crippen molar-refractivity contribution in [3.05, 3.63) is 0 Å². The van der Waals surface area contributed by atoms with Crippen LogP contribution in [-0.2, 0) is 4.79 Å². The molecule has 0 bridgehead atoms. The highest BCUT2D eigenvalue weighted by Gasteiger charge is 2.39. The van der Waals surface area contributed by atoms with Crippen molar-refractivity contribution in [2.75, 3.05) is 13.1 Å². The molecule has 3 nitrogen and oxygen atoms in total. The van der Waals surface area contributed by atoms with Crippen molar-refractivity contribution in [3.8, 4) is 0 Å². The molecule has 0 atom stereocenters. The molecule has 2 rings (SSSR count). The smallest absolute Gasteiger partial charge is 0.227 e. The van der Waals surface area contributed by atoms with E-state index >= 15 is 0 Å². The molecular weight excluding hydrogens is 236 g/mol. The van der Waals surface area contributed by atoms with Crippen molar-refractivity contribution < 1.29 is 4.79 Å². The van der Waals surface area contributed by atoms with Gasteiger partial charge in [-0.05, 0) is 50.4 Å². The maximum absolute atomic E-state index is 12.5. The van der Waals surface area contributed by atoms with Crippen molar-refractivity contribution in [2.24, 2.45) is 23.0 Å². The second-order valence-corrected chi connectivity index (χ2v) is 6.88. The first-order valence-electron chi connectivity index (χ1n) is 8.15. The lowest BCUT2D eigenvalue weighted by molar-refractivity contribution is -0.133. The van der Waals surface area contributed by atoms with Crippen LogP contribution >= 0.6 is 0 Å². The third kappa shape index (κ3) is 3.71. The SMILES string of the molecule is CC1CCC(CN)(C(=O)NCC2CCCCC2)CC1. The minimum absolute atomic E-state index is 0.229. The van der Waals surface area contributed by atoms with E-state index in [0.29, 0.717) is 12.5 Å². The summed E-state index contributed by atoms with van der Waals surface area (Å²) in [4.78, 5) is 12.5. The molecule has 3 heteroatoms. The van der Waals surface area contributed by atoms with Gasteiger partial charge in [0.05, 0.1) is 5.41 Å². The van der Waals surface area contributed by atoms with Gasteiger partial charge in [0.2, 0.25) is 5.91 Å². The van der Waals surface area contributed by atoms with E-state index in [1.165, 1.54) is 32.1 Å². The van der Waals surface area contributed by atoms with Crippen molar-refractivity contribution in [3.63, 3.8) is 0 Å². The fraction of sp³-hybridized carbons (Fsp3) is 0.938. The lowest BCUT2D eigenvalue weighted by Gasteiger charge is -2.37. The van der Waals surface area contributed by atoms with Crippen LogP contribution in [0.3, 0.4) is 0 Å². The summed E-state index contributed by atoms with van der Waals surface area (Å²) in [5.74, 6) is 1.69. The van der Waals surface area contributed by atoms with Crippen LogP contribution < -0.4 is 11.1 Å². The minimum atomic E-state index is -0.263. The highest BCUT2D eigenvalue weighted by molar-refractivity contribution is 5.83. The molecule has 1 amide bonds. The van der Waals surface area contributed by atoms with Gasteiger partial charge in [0.1, 0.15) is 0 Å². The van der Waals surface area contributed by atoms with Gasteiger partial charge in [-0.15, -0.1) is 0 Å². The highest BCUT2D eigenvalue weighted by atomic mass is 16.2. The van der Waals surface area contributed by atoms with Crippen LogP contribution in [0.15, 0.2) is 0 Å². The summed E-state index contributed by atoms with van der Waals surface area (Å²) in [6, 6.07) is 0. The van der Waals surface area contributed by atoms with Gasteiger partial charge in [0.25, 0.3) is 0 Å². The molecule has 0 aliphatic heterocycles. The van der Waals surface area contributed by atoms with Crippen LogP contribution in [0.25, 0.3) is 0 Å². The molecule has 0 saturated heterocycles. The maximum atomic E-state index is 12.5. The molecule has 0 radical (unpaired) electrons. The number of carbonyl (C=O) groups is 1. The van der Waals surface area contributed by atoms with E-state index in [0.717, 1.165) is 38.1 Å². The van der Waals surface area contributed by atoms with Gasteiger partial charge in [-0.2, -0.15) is 0 Å². The van der Waals surface area contributed by atoms with Crippen molar-refractivity contribution in [1.82, 2.24) is 5.32 Å². The summed E-state index contributed by atoms with van der Waals surface area (Å²) in [7, 11) is 0. The molecule has 0 aromatic heterocycles. The van der Waals surface area contributed by atoms with Crippen molar-refractivity contribution in [1.29, 1.82) is 0 Å². The zero-order valence-electron chi connectivity index (χ0n) is 12.4. The number of amides is 1. The Balaban J connectivity index is 1.82. The van der Waals surface area contributed by atoms with Gasteiger partial charge in [0, 0.05) is 13.1 Å². The summed E-state index contributed by atoms with van der Waals surface area (Å²) in [5, 5.41) is 3.21. The third-order valence-electron chi connectivity index (χ3n) is 5.38. The van der Waals surface area contributed by atoms with E-state index in [1.807, 2.05) is 0 Å². The lowest BCUT2D eigenvalue weighted by atomic mass is 9.70. The predicted molar refractivity (Wildman–Crippen MR) is 78.7 cm³/mol. The first-order valence-corrected chi connectivity index (χ1v) is 8.15. The van der Waals surface area contributed by atoms with E-state index in [-0.39, 0.29) is 11.3 Å². The van der Waals surface area contributed by atoms with Gasteiger partial charge >= 0.3 is 0 Å². The Labute approximate surface area is 117 Å². The molecule has 0 unspecified atom stereocenters. The first kappa shape index (κ1) is 14.8. The summed E-state index contributed by atoms with van der Waals surface area (Å²) in [6.45, 7) is 3.66. The summed E-state index contributed by atoms with van der Waals surface area (Å²) in [6.07, 6.45) is 10.8. The Hall–Kier alpha value is -0.570. The molecule has 0 spiro atoms. The first-order chi connectivity index (χ1) is 9.16. The van der Waals surface area contributed by atoms with Crippen LogP contribution in [0.4, 0.5) is 0 Å². The number of carbonyl (C=O) groups excluding carboxylic acids is 1. The highest BCUT2D eigenvalue weighted by Crippen LogP contribution is 2.38. The van der Waals surface area contributed by atoms with Gasteiger partial charge in [0.15, 0.2) is 0 Å². The topological polar surface area (TPSA) is 55.1 Å². The fourth-order valence-corrected chi connectivity index (χ4v) is 3.65. The Morgan fingerprint density at radius 1 is 1.16 bits per heavy atom. The zero-order valence-corrected chi connectivity index (χ0v) is 12.4. The summed E-state index contributed by atoms with van der Waals surface area (Å²) < 4.78 is 0. The van der Waals surface area contributed by atoms with E-state index in [1.54, 1.807) is 0 Å². The van der Waals surface area contributed by atoms with Gasteiger partial charge in [-0.1, -0.05) is 26.2 Å². The van der Waals surface area contributed by atoms with Gasteiger partial charge in [-0.25, -0.2) is 0 Å². The third-order valence-corrected chi connectivity index (χ3v) is 5.38. The predicted octanol–water partition coefficient (Wildman–Crippen LogP) is 2.84. The minimum Gasteiger partial charge on any atom is -0.355 e. The number of hydrogen-bond donors (Lipinski definition) is 2. The summed E-state index contributed by atoms with van der Waals surface area (Å²) >= 11 is 0. The molecule has 2 saturated carbocycles. The van der Waals surface area contributed by atoms with E-state index in [2.05, 4.69) is 12.2 Å². The second kappa shape index (κ2) is 6.74. The van der Waals surface area contributed by atoms with Crippen LogP contribution in [0.5, 0.6) is 0 Å². The molecule has 2 aliphatic rings. The number of hydrogen-bond acceptors (Lipinski definition) is 2. The molecule has 3 N–H and O–H groups in total. The van der Waals surface area contributed by atoms with E-state index in [4.69, 9.17) is 5.73 Å². The number of rotatable bonds is 4. The van der Waals surface area contributed by atoms with Crippen LogP contribution in [0, 0.1) is 17.3 Å². The average molecular weight is 266 g/mol.